The first kappa shape index (κ1) is 20.3. The van der Waals surface area contributed by atoms with Crippen LogP contribution in [0.5, 0.6) is 0 Å². The van der Waals surface area contributed by atoms with Crippen molar-refractivity contribution >= 4 is 40.9 Å². The quantitative estimate of drug-likeness (QED) is 0.358. The van der Waals surface area contributed by atoms with Crippen LogP contribution in [0.25, 0.3) is 0 Å². The Hall–Kier alpha value is -3.98. The van der Waals surface area contributed by atoms with Gasteiger partial charge in [0.05, 0.1) is 16.2 Å². The van der Waals surface area contributed by atoms with E-state index in [9.17, 15) is 24.5 Å². The molecule has 0 unspecified atom stereocenters. The van der Waals surface area contributed by atoms with Crippen molar-refractivity contribution in [2.24, 2.45) is 0 Å². The maximum Gasteiger partial charge on any atom is 0.282 e. The summed E-state index contributed by atoms with van der Waals surface area (Å²) in [6.07, 6.45) is 0. The lowest BCUT2D eigenvalue weighted by atomic mass is 10.1. The van der Waals surface area contributed by atoms with Crippen molar-refractivity contribution in [2.75, 3.05) is 11.9 Å². The van der Waals surface area contributed by atoms with E-state index in [0.717, 1.165) is 20.8 Å². The number of imide groups is 1. The van der Waals surface area contributed by atoms with Crippen molar-refractivity contribution in [2.45, 2.75) is 9.79 Å². The minimum absolute atomic E-state index is 0.0768. The normalized spacial score (nSPS) is 12.6. The summed E-state index contributed by atoms with van der Waals surface area (Å²) >= 11 is 1.46. The van der Waals surface area contributed by atoms with Crippen molar-refractivity contribution < 1.29 is 19.3 Å². The summed E-state index contributed by atoms with van der Waals surface area (Å²) in [5.74, 6) is -2.17. The lowest BCUT2D eigenvalue weighted by molar-refractivity contribution is -0.385. The van der Waals surface area contributed by atoms with Crippen LogP contribution in [-0.2, 0) is 4.79 Å². The summed E-state index contributed by atoms with van der Waals surface area (Å²) in [7, 11) is 0. The number of amides is 3. The molecule has 0 spiro atoms. The second-order valence-corrected chi connectivity index (χ2v) is 7.73. The topological polar surface area (TPSA) is 110 Å². The Morgan fingerprint density at radius 3 is 2.39 bits per heavy atom. The summed E-state index contributed by atoms with van der Waals surface area (Å²) in [5, 5.41) is 13.9. The highest BCUT2D eigenvalue weighted by Crippen LogP contribution is 2.34. The van der Waals surface area contributed by atoms with Gasteiger partial charge >= 0.3 is 0 Å². The van der Waals surface area contributed by atoms with Crippen LogP contribution in [0.2, 0.25) is 0 Å². The van der Waals surface area contributed by atoms with Gasteiger partial charge in [-0.25, -0.2) is 0 Å². The standard InChI is InChI=1S/C22H15N3O5S/c26-19(23-16-10-4-5-12-18(16)31-14-7-2-1-3-8-14)13-24-21(27)15-9-6-11-17(25(29)30)20(15)22(24)28/h1-12H,13H2,(H,23,26). The molecule has 4 rings (SSSR count). The number of nitrogens with zero attached hydrogens (tertiary/aromatic N) is 2. The van der Waals surface area contributed by atoms with Crippen LogP contribution in [-0.4, -0.2) is 34.1 Å². The molecule has 3 aromatic rings. The molecule has 1 N–H and O–H groups in total. The van der Waals surface area contributed by atoms with Gasteiger partial charge in [-0.05, 0) is 30.3 Å². The van der Waals surface area contributed by atoms with Gasteiger partial charge in [-0.3, -0.25) is 29.4 Å². The van der Waals surface area contributed by atoms with Crippen molar-refractivity contribution in [3.8, 4) is 0 Å². The number of para-hydroxylation sites is 1. The molecule has 0 aromatic heterocycles. The number of nitro benzene ring substituents is 1. The van der Waals surface area contributed by atoms with Gasteiger partial charge in [0.1, 0.15) is 12.1 Å². The number of hydrogen-bond donors (Lipinski definition) is 1. The monoisotopic (exact) mass is 433 g/mol. The fourth-order valence-corrected chi connectivity index (χ4v) is 4.14. The molecule has 8 nitrogen and oxygen atoms in total. The number of fused-ring (bicyclic) bond motifs is 1. The van der Waals surface area contributed by atoms with E-state index in [4.69, 9.17) is 0 Å². The van der Waals surface area contributed by atoms with E-state index in [1.165, 1.54) is 23.9 Å². The van der Waals surface area contributed by atoms with Crippen LogP contribution in [0.1, 0.15) is 20.7 Å². The molecule has 0 saturated heterocycles. The Labute approximate surface area is 181 Å². The number of hydrogen-bond acceptors (Lipinski definition) is 6. The Bertz CT molecular complexity index is 1210. The summed E-state index contributed by atoms with van der Waals surface area (Å²) in [4.78, 5) is 50.8. The molecular formula is C22H15N3O5S. The fourth-order valence-electron chi connectivity index (χ4n) is 3.22. The van der Waals surface area contributed by atoms with Crippen molar-refractivity contribution in [3.63, 3.8) is 0 Å². The molecule has 154 valence electrons. The van der Waals surface area contributed by atoms with E-state index in [2.05, 4.69) is 5.32 Å². The number of benzene rings is 3. The summed E-state index contributed by atoms with van der Waals surface area (Å²) in [6, 6.07) is 20.6. The highest BCUT2D eigenvalue weighted by molar-refractivity contribution is 7.99. The van der Waals surface area contributed by atoms with Crippen LogP contribution in [0, 0.1) is 10.1 Å². The molecule has 1 heterocycles. The predicted octanol–water partition coefficient (Wildman–Crippen LogP) is 3.98. The average Bonchev–Trinajstić information content (AvgIpc) is 3.00. The fraction of sp³-hybridized carbons (Fsp3) is 0.0455. The highest BCUT2D eigenvalue weighted by Gasteiger charge is 2.41. The van der Waals surface area contributed by atoms with Crippen LogP contribution in [0.4, 0.5) is 11.4 Å². The number of carbonyl (C=O) groups excluding carboxylic acids is 3. The van der Waals surface area contributed by atoms with Gasteiger partial charge in [0, 0.05) is 15.9 Å². The lowest BCUT2D eigenvalue weighted by Crippen LogP contribution is -2.37. The molecule has 31 heavy (non-hydrogen) atoms. The maximum absolute atomic E-state index is 12.6. The molecule has 3 aromatic carbocycles. The van der Waals surface area contributed by atoms with Crippen molar-refractivity contribution in [1.82, 2.24) is 4.90 Å². The van der Waals surface area contributed by atoms with Crippen molar-refractivity contribution in [3.05, 3.63) is 94.0 Å². The highest BCUT2D eigenvalue weighted by atomic mass is 32.2. The molecule has 0 aliphatic carbocycles. The van der Waals surface area contributed by atoms with Gasteiger partial charge in [0.15, 0.2) is 0 Å². The molecule has 1 aliphatic heterocycles. The predicted molar refractivity (Wildman–Crippen MR) is 114 cm³/mol. The third-order valence-corrected chi connectivity index (χ3v) is 5.69. The largest absolute Gasteiger partial charge is 0.323 e. The second kappa shape index (κ2) is 8.41. The molecule has 0 fully saturated rings. The molecular weight excluding hydrogens is 418 g/mol. The molecule has 1 aliphatic rings. The third kappa shape index (κ3) is 4.03. The number of carbonyl (C=O) groups is 3. The first-order valence-corrected chi connectivity index (χ1v) is 10.0. The van der Waals surface area contributed by atoms with Crippen LogP contribution in [0.3, 0.4) is 0 Å². The second-order valence-electron chi connectivity index (χ2n) is 6.61. The minimum atomic E-state index is -0.852. The van der Waals surface area contributed by atoms with Crippen LogP contribution >= 0.6 is 11.8 Å². The molecule has 0 radical (unpaired) electrons. The molecule has 9 heteroatoms. The van der Waals surface area contributed by atoms with E-state index in [0.29, 0.717) is 5.69 Å². The van der Waals surface area contributed by atoms with E-state index in [1.54, 1.807) is 12.1 Å². The molecule has 3 amide bonds. The van der Waals surface area contributed by atoms with E-state index >= 15 is 0 Å². The van der Waals surface area contributed by atoms with Crippen LogP contribution in [0.15, 0.2) is 82.6 Å². The lowest BCUT2D eigenvalue weighted by Gasteiger charge is -2.15. The van der Waals surface area contributed by atoms with Gasteiger partial charge in [0.2, 0.25) is 5.91 Å². The summed E-state index contributed by atoms with van der Waals surface area (Å²) in [5.41, 5.74) is -0.287. The van der Waals surface area contributed by atoms with Gasteiger partial charge in [-0.15, -0.1) is 0 Å². The molecule has 0 saturated carbocycles. The van der Waals surface area contributed by atoms with E-state index in [-0.39, 0.29) is 11.1 Å². The number of nitrogens with one attached hydrogen (secondary N) is 1. The first-order valence-electron chi connectivity index (χ1n) is 9.21. The summed E-state index contributed by atoms with van der Waals surface area (Å²) in [6.45, 7) is -0.548. The smallest absolute Gasteiger partial charge is 0.282 e. The van der Waals surface area contributed by atoms with Gasteiger partial charge in [-0.1, -0.05) is 48.2 Å². The van der Waals surface area contributed by atoms with E-state index in [1.807, 2.05) is 42.5 Å². The Kier molecular flexibility index (Phi) is 5.50. The van der Waals surface area contributed by atoms with Gasteiger partial charge < -0.3 is 5.32 Å². The first-order chi connectivity index (χ1) is 15.0. The molecule has 0 bridgehead atoms. The maximum atomic E-state index is 12.6. The van der Waals surface area contributed by atoms with Gasteiger partial charge in [-0.2, -0.15) is 0 Å². The minimum Gasteiger partial charge on any atom is -0.323 e. The zero-order valence-electron chi connectivity index (χ0n) is 16.0. The number of nitro groups is 1. The third-order valence-electron chi connectivity index (χ3n) is 4.61. The zero-order valence-corrected chi connectivity index (χ0v) is 16.8. The van der Waals surface area contributed by atoms with Crippen LogP contribution < -0.4 is 5.32 Å². The summed E-state index contributed by atoms with van der Waals surface area (Å²) < 4.78 is 0. The van der Waals surface area contributed by atoms with E-state index < -0.39 is 34.9 Å². The number of rotatable bonds is 6. The Balaban J connectivity index is 1.52. The Morgan fingerprint density at radius 1 is 0.935 bits per heavy atom. The Morgan fingerprint density at radius 2 is 1.65 bits per heavy atom. The van der Waals surface area contributed by atoms with Gasteiger partial charge in [0.25, 0.3) is 17.5 Å². The zero-order chi connectivity index (χ0) is 22.0. The molecule has 0 atom stereocenters. The SMILES string of the molecule is O=C(CN1C(=O)c2cccc([N+](=O)[O-])c2C1=O)Nc1ccccc1Sc1ccccc1. The van der Waals surface area contributed by atoms with Crippen molar-refractivity contribution in [1.29, 1.82) is 0 Å². The average molecular weight is 433 g/mol. The number of anilines is 1.